The van der Waals surface area contributed by atoms with Gasteiger partial charge in [0.1, 0.15) is 5.82 Å². The highest BCUT2D eigenvalue weighted by atomic mass is 19.1. The van der Waals surface area contributed by atoms with Crippen molar-refractivity contribution in [2.45, 2.75) is 52.5 Å². The molecule has 0 amide bonds. The van der Waals surface area contributed by atoms with Gasteiger partial charge in [-0.15, -0.1) is 0 Å². The molecular weight excluding hydrogens is 263 g/mol. The first kappa shape index (κ1) is 16.3. The van der Waals surface area contributed by atoms with E-state index in [0.29, 0.717) is 0 Å². The number of hydrogen-bond donors (Lipinski definition) is 1. The molecule has 0 aliphatic heterocycles. The van der Waals surface area contributed by atoms with Gasteiger partial charge in [-0.2, -0.15) is 0 Å². The molecule has 0 bridgehead atoms. The second-order valence-corrected chi connectivity index (χ2v) is 6.71. The van der Waals surface area contributed by atoms with Crippen LogP contribution in [0.25, 0.3) is 0 Å². The van der Waals surface area contributed by atoms with Gasteiger partial charge in [-0.1, -0.05) is 26.3 Å². The van der Waals surface area contributed by atoms with Crippen LogP contribution in [-0.4, -0.2) is 25.7 Å². The van der Waals surface area contributed by atoms with Crippen LogP contribution in [0.4, 0.5) is 10.1 Å². The number of anilines is 1. The van der Waals surface area contributed by atoms with Crippen molar-refractivity contribution < 1.29 is 4.39 Å². The van der Waals surface area contributed by atoms with E-state index in [1.807, 2.05) is 6.07 Å². The summed E-state index contributed by atoms with van der Waals surface area (Å²) in [6.45, 7) is 9.68. The third-order valence-electron chi connectivity index (χ3n) is 4.38. The Morgan fingerprint density at radius 3 is 2.67 bits per heavy atom. The van der Waals surface area contributed by atoms with E-state index < -0.39 is 0 Å². The van der Waals surface area contributed by atoms with E-state index in [2.05, 4.69) is 31.0 Å². The summed E-state index contributed by atoms with van der Waals surface area (Å²) in [5.41, 5.74) is 1.23. The minimum absolute atomic E-state index is 0.153. The van der Waals surface area contributed by atoms with Crippen LogP contribution >= 0.6 is 0 Å². The van der Waals surface area contributed by atoms with Crippen molar-refractivity contribution in [1.82, 2.24) is 5.32 Å². The number of nitrogens with one attached hydrogen (secondary N) is 1. The van der Waals surface area contributed by atoms with Gasteiger partial charge in [-0.3, -0.25) is 0 Å². The number of halogens is 1. The topological polar surface area (TPSA) is 15.3 Å². The molecule has 21 heavy (non-hydrogen) atoms. The molecule has 1 saturated carbocycles. The molecule has 0 aromatic heterocycles. The lowest BCUT2D eigenvalue weighted by molar-refractivity contribution is 0.280. The quantitative estimate of drug-likeness (QED) is 0.733. The van der Waals surface area contributed by atoms with Gasteiger partial charge in [0.2, 0.25) is 0 Å². The standard InChI is InChI=1S/C18H29FN2/c1-4-11-18(3,13-20-16-9-10-16)14-21(5-2)17-8-6-7-15(19)12-17/h6-8,12,16,20H,4-5,9-11,13-14H2,1-3H3. The van der Waals surface area contributed by atoms with Crippen LogP contribution in [0, 0.1) is 11.2 Å². The molecule has 0 spiro atoms. The van der Waals surface area contributed by atoms with Crippen LogP contribution in [0.2, 0.25) is 0 Å². The maximum absolute atomic E-state index is 13.5. The smallest absolute Gasteiger partial charge is 0.125 e. The Morgan fingerprint density at radius 2 is 2.10 bits per heavy atom. The Morgan fingerprint density at radius 1 is 1.33 bits per heavy atom. The normalized spacial score (nSPS) is 17.5. The maximum atomic E-state index is 13.5. The van der Waals surface area contributed by atoms with Crippen LogP contribution in [0.15, 0.2) is 24.3 Å². The molecule has 0 saturated heterocycles. The molecule has 2 nitrogen and oxygen atoms in total. The minimum atomic E-state index is -0.153. The highest BCUT2D eigenvalue weighted by molar-refractivity contribution is 5.46. The van der Waals surface area contributed by atoms with Crippen molar-refractivity contribution in [3.63, 3.8) is 0 Å². The van der Waals surface area contributed by atoms with Crippen molar-refractivity contribution in [2.24, 2.45) is 5.41 Å². The fourth-order valence-electron chi connectivity index (χ4n) is 3.02. The molecule has 1 aliphatic carbocycles. The molecule has 1 fully saturated rings. The molecule has 1 aromatic carbocycles. The summed E-state index contributed by atoms with van der Waals surface area (Å²) in [6, 6.07) is 7.70. The zero-order valence-electron chi connectivity index (χ0n) is 13.7. The van der Waals surface area contributed by atoms with E-state index in [1.54, 1.807) is 12.1 Å². The van der Waals surface area contributed by atoms with E-state index >= 15 is 0 Å². The lowest BCUT2D eigenvalue weighted by atomic mass is 9.84. The Bertz CT molecular complexity index is 445. The fraction of sp³-hybridized carbons (Fsp3) is 0.667. The molecule has 0 heterocycles. The molecular formula is C18H29FN2. The molecule has 1 atom stereocenters. The highest BCUT2D eigenvalue weighted by Crippen LogP contribution is 2.29. The third kappa shape index (κ3) is 4.99. The van der Waals surface area contributed by atoms with Crippen LogP contribution in [0.5, 0.6) is 0 Å². The molecule has 3 heteroatoms. The summed E-state index contributed by atoms with van der Waals surface area (Å²) in [5.74, 6) is -0.153. The summed E-state index contributed by atoms with van der Waals surface area (Å²) < 4.78 is 13.5. The summed E-state index contributed by atoms with van der Waals surface area (Å²) in [4.78, 5) is 2.30. The van der Waals surface area contributed by atoms with Crippen molar-refractivity contribution in [1.29, 1.82) is 0 Å². The Balaban J connectivity index is 2.04. The van der Waals surface area contributed by atoms with Crippen LogP contribution in [0.3, 0.4) is 0 Å². The number of benzene rings is 1. The van der Waals surface area contributed by atoms with Gasteiger partial charge < -0.3 is 10.2 Å². The second kappa shape index (κ2) is 7.26. The number of rotatable bonds is 9. The van der Waals surface area contributed by atoms with E-state index in [0.717, 1.165) is 31.4 Å². The lowest BCUT2D eigenvalue weighted by Crippen LogP contribution is -2.43. The van der Waals surface area contributed by atoms with Gasteiger partial charge in [-0.25, -0.2) is 4.39 Å². The van der Waals surface area contributed by atoms with Crippen molar-refractivity contribution in [3.05, 3.63) is 30.1 Å². The summed E-state index contributed by atoms with van der Waals surface area (Å²) in [5, 5.41) is 3.67. The van der Waals surface area contributed by atoms with E-state index in [4.69, 9.17) is 0 Å². The van der Waals surface area contributed by atoms with Crippen molar-refractivity contribution >= 4 is 5.69 Å². The van der Waals surface area contributed by atoms with Gasteiger partial charge in [-0.05, 0) is 49.8 Å². The van der Waals surface area contributed by atoms with Crippen LogP contribution in [-0.2, 0) is 0 Å². The highest BCUT2D eigenvalue weighted by Gasteiger charge is 2.29. The molecule has 1 unspecified atom stereocenters. The zero-order valence-corrected chi connectivity index (χ0v) is 13.7. The molecule has 118 valence electrons. The average Bonchev–Trinajstić information content (AvgIpc) is 3.27. The molecule has 1 aromatic rings. The van der Waals surface area contributed by atoms with Crippen molar-refractivity contribution in [3.8, 4) is 0 Å². The predicted molar refractivity (Wildman–Crippen MR) is 88.3 cm³/mol. The molecule has 1 N–H and O–H groups in total. The Labute approximate surface area is 128 Å². The van der Waals surface area contributed by atoms with Gasteiger partial charge in [0.05, 0.1) is 0 Å². The Hall–Kier alpha value is -1.09. The van der Waals surface area contributed by atoms with E-state index in [1.165, 1.54) is 31.7 Å². The van der Waals surface area contributed by atoms with E-state index in [9.17, 15) is 4.39 Å². The summed E-state index contributed by atoms with van der Waals surface area (Å²) in [7, 11) is 0. The number of nitrogens with zero attached hydrogens (tertiary/aromatic N) is 1. The first-order valence-electron chi connectivity index (χ1n) is 8.30. The van der Waals surface area contributed by atoms with Crippen molar-refractivity contribution in [2.75, 3.05) is 24.5 Å². The zero-order chi connectivity index (χ0) is 15.3. The molecule has 0 radical (unpaired) electrons. The average molecular weight is 292 g/mol. The van der Waals surface area contributed by atoms with Crippen LogP contribution in [0.1, 0.15) is 46.5 Å². The summed E-state index contributed by atoms with van der Waals surface area (Å²) in [6.07, 6.45) is 5.02. The minimum Gasteiger partial charge on any atom is -0.371 e. The van der Waals surface area contributed by atoms with Gasteiger partial charge in [0.15, 0.2) is 0 Å². The van der Waals surface area contributed by atoms with Gasteiger partial charge >= 0.3 is 0 Å². The first-order chi connectivity index (χ1) is 10.1. The maximum Gasteiger partial charge on any atom is 0.125 e. The van der Waals surface area contributed by atoms with Gasteiger partial charge in [0, 0.05) is 31.4 Å². The number of hydrogen-bond acceptors (Lipinski definition) is 2. The summed E-state index contributed by atoms with van der Waals surface area (Å²) >= 11 is 0. The van der Waals surface area contributed by atoms with Crippen LogP contribution < -0.4 is 10.2 Å². The lowest BCUT2D eigenvalue weighted by Gasteiger charge is -2.36. The largest absolute Gasteiger partial charge is 0.371 e. The monoisotopic (exact) mass is 292 g/mol. The van der Waals surface area contributed by atoms with Gasteiger partial charge in [0.25, 0.3) is 0 Å². The van der Waals surface area contributed by atoms with E-state index in [-0.39, 0.29) is 11.2 Å². The second-order valence-electron chi connectivity index (χ2n) is 6.71. The Kier molecular flexibility index (Phi) is 5.63. The SMILES string of the molecule is CCCC(C)(CNC1CC1)CN(CC)c1cccc(F)c1. The molecule has 1 aliphatic rings. The third-order valence-corrected chi connectivity index (χ3v) is 4.38. The fourth-order valence-corrected chi connectivity index (χ4v) is 3.02. The predicted octanol–water partition coefficient (Wildman–Crippen LogP) is 4.21. The first-order valence-corrected chi connectivity index (χ1v) is 8.30. The molecule has 2 rings (SSSR count).